The molecule has 140 valence electrons. The standard InChI is InChI=1S/C19H14ClF3N2O2/c20-11-2-4-15-13(8-11)12-5-6-25(9-16(12)24-15)18(27)10-1-3-14(17(26)7-10)19(21,22)23/h1-4,7-8,24,26H,5-6,9H2. The number of carbonyl (C=O) groups excluding carboxylic acids is 1. The number of nitrogens with zero attached hydrogens (tertiary/aromatic N) is 1. The van der Waals surface area contributed by atoms with Crippen molar-refractivity contribution in [3.8, 4) is 5.75 Å². The summed E-state index contributed by atoms with van der Waals surface area (Å²) in [7, 11) is 0. The van der Waals surface area contributed by atoms with Crippen molar-refractivity contribution in [1.29, 1.82) is 0 Å². The predicted molar refractivity (Wildman–Crippen MR) is 94.9 cm³/mol. The summed E-state index contributed by atoms with van der Waals surface area (Å²) in [5.74, 6) is -1.38. The van der Waals surface area contributed by atoms with Crippen LogP contribution in [-0.4, -0.2) is 27.4 Å². The van der Waals surface area contributed by atoms with Gasteiger partial charge in [0.2, 0.25) is 0 Å². The molecule has 0 bridgehead atoms. The van der Waals surface area contributed by atoms with Crippen molar-refractivity contribution in [2.75, 3.05) is 6.54 Å². The Balaban J connectivity index is 1.61. The number of aromatic hydroxyl groups is 1. The van der Waals surface area contributed by atoms with E-state index in [2.05, 4.69) is 4.98 Å². The number of phenolic OH excluding ortho intramolecular Hbond substituents is 1. The van der Waals surface area contributed by atoms with Gasteiger partial charge in [0.25, 0.3) is 5.91 Å². The van der Waals surface area contributed by atoms with Crippen LogP contribution in [-0.2, 0) is 19.1 Å². The van der Waals surface area contributed by atoms with Crippen molar-refractivity contribution in [1.82, 2.24) is 9.88 Å². The van der Waals surface area contributed by atoms with Crippen LogP contribution in [0.25, 0.3) is 10.9 Å². The second kappa shape index (κ2) is 6.20. The van der Waals surface area contributed by atoms with Gasteiger partial charge in [-0.1, -0.05) is 11.6 Å². The fourth-order valence-electron chi connectivity index (χ4n) is 3.47. The number of rotatable bonds is 1. The van der Waals surface area contributed by atoms with E-state index in [9.17, 15) is 23.1 Å². The molecule has 0 fully saturated rings. The lowest BCUT2D eigenvalue weighted by molar-refractivity contribution is -0.138. The van der Waals surface area contributed by atoms with E-state index < -0.39 is 23.4 Å². The van der Waals surface area contributed by atoms with Crippen molar-refractivity contribution in [3.63, 3.8) is 0 Å². The Hall–Kier alpha value is -2.67. The van der Waals surface area contributed by atoms with Crippen LogP contribution < -0.4 is 0 Å². The number of carbonyl (C=O) groups is 1. The van der Waals surface area contributed by atoms with Crippen molar-refractivity contribution in [2.24, 2.45) is 0 Å². The lowest BCUT2D eigenvalue weighted by atomic mass is 10.0. The maximum absolute atomic E-state index is 12.8. The van der Waals surface area contributed by atoms with Gasteiger partial charge in [-0.2, -0.15) is 13.2 Å². The molecule has 0 radical (unpaired) electrons. The number of alkyl halides is 3. The van der Waals surface area contributed by atoms with Crippen LogP contribution in [0.1, 0.15) is 27.2 Å². The maximum Gasteiger partial charge on any atom is 0.419 e. The molecule has 0 spiro atoms. The second-order valence-corrected chi connectivity index (χ2v) is 6.91. The summed E-state index contributed by atoms with van der Waals surface area (Å²) >= 11 is 6.05. The molecule has 2 heterocycles. The Bertz CT molecular complexity index is 1060. The Morgan fingerprint density at radius 2 is 1.96 bits per heavy atom. The number of fused-ring (bicyclic) bond motifs is 3. The zero-order valence-corrected chi connectivity index (χ0v) is 14.7. The van der Waals surface area contributed by atoms with Gasteiger partial charge in [0, 0.05) is 33.7 Å². The number of halogens is 4. The smallest absolute Gasteiger partial charge is 0.419 e. The van der Waals surface area contributed by atoms with Crippen LogP contribution in [0.4, 0.5) is 13.2 Å². The summed E-state index contributed by atoms with van der Waals surface area (Å²) < 4.78 is 38.3. The topological polar surface area (TPSA) is 56.3 Å². The minimum absolute atomic E-state index is 0.0168. The number of benzene rings is 2. The summed E-state index contributed by atoms with van der Waals surface area (Å²) in [6.45, 7) is 0.731. The third kappa shape index (κ3) is 3.12. The molecule has 3 aromatic rings. The number of hydrogen-bond donors (Lipinski definition) is 2. The van der Waals surface area contributed by atoms with Gasteiger partial charge in [-0.15, -0.1) is 0 Å². The Morgan fingerprint density at radius 3 is 2.67 bits per heavy atom. The highest BCUT2D eigenvalue weighted by molar-refractivity contribution is 6.31. The van der Waals surface area contributed by atoms with Crippen LogP contribution in [0.5, 0.6) is 5.75 Å². The predicted octanol–water partition coefficient (Wildman–Crippen LogP) is 4.74. The molecule has 0 aliphatic carbocycles. The van der Waals surface area contributed by atoms with Crippen LogP contribution in [0.2, 0.25) is 5.02 Å². The van der Waals surface area contributed by atoms with E-state index in [4.69, 9.17) is 11.6 Å². The van der Waals surface area contributed by atoms with Gasteiger partial charge in [-0.25, -0.2) is 0 Å². The molecule has 1 aromatic heterocycles. The normalized spacial score (nSPS) is 14.4. The highest BCUT2D eigenvalue weighted by atomic mass is 35.5. The molecule has 2 N–H and O–H groups in total. The number of hydrogen-bond acceptors (Lipinski definition) is 2. The third-order valence-corrected chi connectivity index (χ3v) is 5.01. The zero-order chi connectivity index (χ0) is 19.3. The molecule has 4 rings (SSSR count). The van der Waals surface area contributed by atoms with Crippen LogP contribution in [0, 0.1) is 0 Å². The Labute approximate surface area is 157 Å². The third-order valence-electron chi connectivity index (χ3n) is 4.77. The molecule has 0 atom stereocenters. The van der Waals surface area contributed by atoms with Crippen LogP contribution in [0.3, 0.4) is 0 Å². The van der Waals surface area contributed by atoms with Crippen molar-refractivity contribution >= 4 is 28.4 Å². The first-order chi connectivity index (χ1) is 12.7. The molecule has 1 amide bonds. The van der Waals surface area contributed by atoms with Gasteiger partial charge in [0.1, 0.15) is 5.75 Å². The van der Waals surface area contributed by atoms with E-state index in [0.717, 1.165) is 40.4 Å². The Kier molecular flexibility index (Phi) is 4.07. The molecule has 0 saturated carbocycles. The number of phenols is 1. The minimum atomic E-state index is -4.67. The van der Waals surface area contributed by atoms with Crippen LogP contribution >= 0.6 is 11.6 Å². The number of H-pyrrole nitrogens is 1. The number of aromatic amines is 1. The monoisotopic (exact) mass is 394 g/mol. The molecule has 1 aliphatic heterocycles. The van der Waals surface area contributed by atoms with Gasteiger partial charge in [-0.3, -0.25) is 4.79 Å². The second-order valence-electron chi connectivity index (χ2n) is 6.48. The highest BCUT2D eigenvalue weighted by Crippen LogP contribution is 2.36. The summed E-state index contributed by atoms with van der Waals surface area (Å²) in [6, 6.07) is 8.20. The van der Waals surface area contributed by atoms with E-state index in [1.807, 2.05) is 12.1 Å². The van der Waals surface area contributed by atoms with Gasteiger partial charge < -0.3 is 15.0 Å². The molecule has 2 aromatic carbocycles. The number of nitrogens with one attached hydrogen (secondary N) is 1. The van der Waals surface area contributed by atoms with Gasteiger partial charge in [0.05, 0.1) is 12.1 Å². The fourth-order valence-corrected chi connectivity index (χ4v) is 3.65. The molecule has 1 aliphatic rings. The van der Waals surface area contributed by atoms with Crippen molar-refractivity contribution in [3.05, 3.63) is 63.8 Å². The molecular weight excluding hydrogens is 381 g/mol. The first kappa shape index (κ1) is 17.7. The summed E-state index contributed by atoms with van der Waals surface area (Å²) in [5, 5.41) is 11.3. The SMILES string of the molecule is O=C(c1ccc(C(F)(F)F)c(O)c1)N1CCc2c([nH]c3ccc(Cl)cc23)C1. The van der Waals surface area contributed by atoms with Crippen LogP contribution in [0.15, 0.2) is 36.4 Å². The average molecular weight is 395 g/mol. The zero-order valence-electron chi connectivity index (χ0n) is 13.9. The largest absolute Gasteiger partial charge is 0.507 e. The van der Waals surface area contributed by atoms with E-state index in [1.54, 1.807) is 11.0 Å². The molecule has 8 heteroatoms. The number of amides is 1. The van der Waals surface area contributed by atoms with E-state index in [-0.39, 0.29) is 5.56 Å². The van der Waals surface area contributed by atoms with E-state index >= 15 is 0 Å². The molecule has 0 saturated heterocycles. The lowest BCUT2D eigenvalue weighted by Crippen LogP contribution is -2.35. The van der Waals surface area contributed by atoms with Crippen molar-refractivity contribution in [2.45, 2.75) is 19.1 Å². The number of aromatic nitrogens is 1. The molecular formula is C19H14ClF3N2O2. The summed E-state index contributed by atoms with van der Waals surface area (Å²) in [5.41, 5.74) is 1.75. The van der Waals surface area contributed by atoms with E-state index in [0.29, 0.717) is 24.5 Å². The van der Waals surface area contributed by atoms with Crippen molar-refractivity contribution < 1.29 is 23.1 Å². The highest BCUT2D eigenvalue weighted by Gasteiger charge is 2.34. The van der Waals surface area contributed by atoms with Gasteiger partial charge in [0.15, 0.2) is 0 Å². The average Bonchev–Trinajstić information content (AvgIpc) is 2.96. The first-order valence-electron chi connectivity index (χ1n) is 8.22. The quantitative estimate of drug-likeness (QED) is 0.626. The van der Waals surface area contributed by atoms with Gasteiger partial charge >= 0.3 is 6.18 Å². The summed E-state index contributed by atoms with van der Waals surface area (Å²) in [6.07, 6.45) is -4.06. The minimum Gasteiger partial charge on any atom is -0.507 e. The molecule has 0 unspecified atom stereocenters. The molecule has 4 nitrogen and oxygen atoms in total. The lowest BCUT2D eigenvalue weighted by Gasteiger charge is -2.27. The molecule has 27 heavy (non-hydrogen) atoms. The van der Waals surface area contributed by atoms with E-state index in [1.165, 1.54) is 0 Å². The Morgan fingerprint density at radius 1 is 1.19 bits per heavy atom. The summed E-state index contributed by atoms with van der Waals surface area (Å²) in [4.78, 5) is 17.5. The fraction of sp³-hybridized carbons (Fsp3) is 0.211. The maximum atomic E-state index is 12.8. The van der Waals surface area contributed by atoms with Gasteiger partial charge in [-0.05, 0) is 48.4 Å². The first-order valence-corrected chi connectivity index (χ1v) is 8.60.